The second-order valence-electron chi connectivity index (χ2n) is 16.6. The van der Waals surface area contributed by atoms with E-state index >= 15 is 0 Å². The number of aliphatic hydroxyl groups is 12. The lowest BCUT2D eigenvalue weighted by atomic mass is 9.99. The van der Waals surface area contributed by atoms with E-state index in [4.69, 9.17) is 33.5 Å². The standard InChI is InChI=1S/C40H71N5O24/c46-17-21-28(54)31(57)34(60)38(67-21)64-12-9-42-25(50)15-45(16-26(51)43-10-13-65-39-35(61)32(58)29(55)22(18-47)68-39)20(5-3-4-8-41-24(49)6-1-2-7-27(52)53)37(63)44-11-14-66-40-36(62)33(59)30(56)23(19-48)69-40/h20-23,28-36,38-40,46-48,54-62H,1-19H2,(H,41,49)(H,42,50)(H,43,51)(H,44,63)(H,52,53)/t20-,21+,22+,23+,28+,29+,30+,31-,32-,33-,34-,35-,36-,38-,39-,40-/m0/s1. The van der Waals surface area contributed by atoms with Crippen molar-refractivity contribution in [1.29, 1.82) is 0 Å². The van der Waals surface area contributed by atoms with E-state index in [1.807, 2.05) is 0 Å². The Morgan fingerprint density at radius 2 is 0.841 bits per heavy atom. The van der Waals surface area contributed by atoms with Gasteiger partial charge in [0.2, 0.25) is 23.6 Å². The molecule has 17 N–H and O–H groups in total. The molecule has 0 aromatic carbocycles. The van der Waals surface area contributed by atoms with Gasteiger partial charge < -0.3 is 116 Å². The Kier molecular flexibility index (Phi) is 27.0. The molecule has 0 saturated carbocycles. The van der Waals surface area contributed by atoms with E-state index in [1.54, 1.807) is 0 Å². The predicted molar refractivity (Wildman–Crippen MR) is 227 cm³/mol. The summed E-state index contributed by atoms with van der Waals surface area (Å²) in [6, 6.07) is -1.25. The minimum Gasteiger partial charge on any atom is -0.481 e. The summed E-state index contributed by atoms with van der Waals surface area (Å²) in [5.74, 6) is -3.53. The van der Waals surface area contributed by atoms with Gasteiger partial charge in [0.25, 0.3) is 0 Å². The molecule has 4 amide bonds. The van der Waals surface area contributed by atoms with Gasteiger partial charge in [-0.2, -0.15) is 0 Å². The number of aliphatic carboxylic acids is 1. The quantitative estimate of drug-likeness (QED) is 0.0287. The molecule has 69 heavy (non-hydrogen) atoms. The average molecular weight is 1010 g/mol. The van der Waals surface area contributed by atoms with Crippen molar-refractivity contribution >= 4 is 29.6 Å². The number of unbranched alkanes of at least 4 members (excludes halogenated alkanes) is 2. The fraction of sp³-hybridized carbons (Fsp3) is 0.875. The van der Waals surface area contributed by atoms with Crippen molar-refractivity contribution in [2.45, 2.75) is 143 Å². The average Bonchev–Trinajstić information content (AvgIpc) is 3.32. The molecule has 400 valence electrons. The van der Waals surface area contributed by atoms with Crippen molar-refractivity contribution in [2.24, 2.45) is 0 Å². The van der Waals surface area contributed by atoms with Crippen LogP contribution < -0.4 is 21.3 Å². The van der Waals surface area contributed by atoms with Crippen LogP contribution in [0.5, 0.6) is 0 Å². The van der Waals surface area contributed by atoms with E-state index in [9.17, 15) is 85.3 Å². The molecule has 29 nitrogen and oxygen atoms in total. The van der Waals surface area contributed by atoms with Crippen LogP contribution in [-0.4, -0.2) is 278 Å². The molecule has 0 unspecified atom stereocenters. The third kappa shape index (κ3) is 19.3. The normalized spacial score (nSPS) is 32.0. The van der Waals surface area contributed by atoms with Gasteiger partial charge in [-0.3, -0.25) is 28.9 Å². The molecule has 3 fully saturated rings. The zero-order chi connectivity index (χ0) is 51.2. The molecule has 0 aromatic rings. The van der Waals surface area contributed by atoms with Crippen LogP contribution >= 0.6 is 0 Å². The first-order chi connectivity index (χ1) is 32.8. The maximum atomic E-state index is 14.0. The Balaban J connectivity index is 1.71. The molecule has 3 aliphatic rings. The molecule has 3 heterocycles. The van der Waals surface area contributed by atoms with Crippen LogP contribution in [0.2, 0.25) is 0 Å². The summed E-state index contributed by atoms with van der Waals surface area (Å²) in [4.78, 5) is 65.1. The van der Waals surface area contributed by atoms with Gasteiger partial charge in [0.15, 0.2) is 18.9 Å². The molecule has 0 aliphatic carbocycles. The van der Waals surface area contributed by atoms with E-state index < -0.39 is 155 Å². The lowest BCUT2D eigenvalue weighted by Gasteiger charge is -2.39. The van der Waals surface area contributed by atoms with Crippen molar-refractivity contribution in [3.05, 3.63) is 0 Å². The molecular formula is C40H71N5O24. The van der Waals surface area contributed by atoms with E-state index in [-0.39, 0.29) is 77.6 Å². The highest BCUT2D eigenvalue weighted by atomic mass is 16.7. The molecule has 0 spiro atoms. The summed E-state index contributed by atoms with van der Waals surface area (Å²) in [6.07, 6.45) is -22.4. The molecule has 16 atom stereocenters. The van der Waals surface area contributed by atoms with Crippen molar-refractivity contribution < 1.29 is 119 Å². The number of rotatable bonds is 31. The minimum absolute atomic E-state index is 0.0190. The zero-order valence-electron chi connectivity index (χ0n) is 37.9. The first kappa shape index (κ1) is 59.9. The van der Waals surface area contributed by atoms with Gasteiger partial charge in [-0.05, 0) is 32.1 Å². The smallest absolute Gasteiger partial charge is 0.303 e. The maximum absolute atomic E-state index is 14.0. The number of carbonyl (C=O) groups excluding carboxylic acids is 4. The number of nitrogens with one attached hydrogen (secondary N) is 4. The van der Waals surface area contributed by atoms with Gasteiger partial charge in [0.1, 0.15) is 73.2 Å². The number of carboxylic acid groups (broad SMARTS) is 1. The van der Waals surface area contributed by atoms with Crippen molar-refractivity contribution in [3.8, 4) is 0 Å². The maximum Gasteiger partial charge on any atom is 0.303 e. The molecule has 0 aromatic heterocycles. The van der Waals surface area contributed by atoms with E-state index in [0.29, 0.717) is 19.3 Å². The first-order valence-electron chi connectivity index (χ1n) is 22.6. The summed E-state index contributed by atoms with van der Waals surface area (Å²) in [5.41, 5.74) is 0. The highest BCUT2D eigenvalue weighted by Gasteiger charge is 2.46. The molecule has 3 rings (SSSR count). The Labute approximate surface area is 396 Å². The summed E-state index contributed by atoms with van der Waals surface area (Å²) in [7, 11) is 0. The van der Waals surface area contributed by atoms with Crippen LogP contribution in [0.4, 0.5) is 0 Å². The number of hydrogen-bond acceptors (Lipinski definition) is 24. The number of carboxylic acids is 1. The van der Waals surface area contributed by atoms with E-state index in [0.717, 1.165) is 0 Å². The van der Waals surface area contributed by atoms with E-state index in [2.05, 4.69) is 21.3 Å². The van der Waals surface area contributed by atoms with Gasteiger partial charge in [-0.15, -0.1) is 0 Å². The highest BCUT2D eigenvalue weighted by Crippen LogP contribution is 2.24. The van der Waals surface area contributed by atoms with Gasteiger partial charge >= 0.3 is 5.97 Å². The fourth-order valence-corrected chi connectivity index (χ4v) is 7.39. The third-order valence-corrected chi connectivity index (χ3v) is 11.3. The van der Waals surface area contributed by atoms with Gasteiger partial charge in [0, 0.05) is 39.0 Å². The SMILES string of the molecule is O=C(O)CCCCC(=O)NCCCC[C@@H](C(=O)NCCO[C@H]1O[C@H](CO)[C@@H](O)[C@H](O)[C@@H]1O)N(CC(=O)NCCO[C@H]1O[C@H](CO)[C@@H](O)[C@H](O)[C@@H]1O)CC(=O)NCCO[C@H]1O[C@H](CO)[C@@H](O)[C@H](O)[C@@H]1O. The van der Waals surface area contributed by atoms with Crippen LogP contribution in [0.3, 0.4) is 0 Å². The molecule has 3 aliphatic heterocycles. The van der Waals surface area contributed by atoms with Gasteiger partial charge in [-0.25, -0.2) is 0 Å². The van der Waals surface area contributed by atoms with Crippen molar-refractivity contribution in [3.63, 3.8) is 0 Å². The lowest BCUT2D eigenvalue weighted by molar-refractivity contribution is -0.300. The molecular weight excluding hydrogens is 934 g/mol. The van der Waals surface area contributed by atoms with Crippen LogP contribution in [0.25, 0.3) is 0 Å². The van der Waals surface area contributed by atoms with Crippen LogP contribution in [0, 0.1) is 0 Å². The second kappa shape index (κ2) is 31.1. The number of ether oxygens (including phenoxy) is 6. The summed E-state index contributed by atoms with van der Waals surface area (Å²) in [5, 5.41) is 139. The first-order valence-corrected chi connectivity index (χ1v) is 22.6. The topological polar surface area (TPSA) is 455 Å². The molecule has 0 radical (unpaired) electrons. The van der Waals surface area contributed by atoms with Gasteiger partial charge in [-0.1, -0.05) is 0 Å². The Hall–Kier alpha value is -3.41. The third-order valence-electron chi connectivity index (χ3n) is 11.3. The van der Waals surface area contributed by atoms with Crippen LogP contribution in [0.1, 0.15) is 44.9 Å². The predicted octanol–water partition coefficient (Wildman–Crippen LogP) is -9.61. The molecule has 29 heteroatoms. The summed E-state index contributed by atoms with van der Waals surface area (Å²) >= 11 is 0. The monoisotopic (exact) mass is 1010 g/mol. The van der Waals surface area contributed by atoms with E-state index in [1.165, 1.54) is 4.90 Å². The zero-order valence-corrected chi connectivity index (χ0v) is 37.9. The van der Waals surface area contributed by atoms with Crippen LogP contribution in [0.15, 0.2) is 0 Å². The molecule has 3 saturated heterocycles. The summed E-state index contributed by atoms with van der Waals surface area (Å²) < 4.78 is 32.2. The second-order valence-corrected chi connectivity index (χ2v) is 16.6. The Bertz CT molecular complexity index is 1490. The lowest BCUT2D eigenvalue weighted by Crippen LogP contribution is -2.59. The fourth-order valence-electron chi connectivity index (χ4n) is 7.39. The highest BCUT2D eigenvalue weighted by molar-refractivity contribution is 5.86. The Morgan fingerprint density at radius 3 is 1.23 bits per heavy atom. The molecule has 0 bridgehead atoms. The van der Waals surface area contributed by atoms with Gasteiger partial charge in [0.05, 0.1) is 58.8 Å². The number of amides is 4. The number of carbonyl (C=O) groups is 5. The largest absolute Gasteiger partial charge is 0.481 e. The number of hydrogen-bond donors (Lipinski definition) is 17. The summed E-state index contributed by atoms with van der Waals surface area (Å²) in [6.45, 7) is -4.94. The number of nitrogens with zero attached hydrogens (tertiary/aromatic N) is 1. The Morgan fingerprint density at radius 1 is 0.464 bits per heavy atom. The van der Waals surface area contributed by atoms with Crippen molar-refractivity contribution in [1.82, 2.24) is 26.2 Å². The van der Waals surface area contributed by atoms with Crippen molar-refractivity contribution in [2.75, 3.05) is 78.9 Å². The van der Waals surface area contributed by atoms with Crippen LogP contribution in [-0.2, 0) is 52.4 Å². The minimum atomic E-state index is -1.73. The number of aliphatic hydroxyl groups excluding tert-OH is 12.